The van der Waals surface area contributed by atoms with Crippen LogP contribution in [0, 0.1) is 5.41 Å². The zero-order chi connectivity index (χ0) is 16.9. The van der Waals surface area contributed by atoms with E-state index in [9.17, 15) is 4.79 Å². The van der Waals surface area contributed by atoms with Crippen LogP contribution >= 0.6 is 11.6 Å². The lowest BCUT2D eigenvalue weighted by Gasteiger charge is -2.36. The third-order valence-electron chi connectivity index (χ3n) is 4.50. The maximum atomic E-state index is 12.5. The zero-order valence-electron chi connectivity index (χ0n) is 14.3. The van der Waals surface area contributed by atoms with E-state index in [0.29, 0.717) is 17.7 Å². The van der Waals surface area contributed by atoms with Crippen LogP contribution in [0.3, 0.4) is 0 Å². The van der Waals surface area contributed by atoms with Gasteiger partial charge in [0.05, 0.1) is 11.5 Å². The van der Waals surface area contributed by atoms with Crippen LogP contribution in [0.1, 0.15) is 32.3 Å². The lowest BCUT2D eigenvalue weighted by atomic mass is 9.90. The Hall–Kier alpha value is -1.10. The van der Waals surface area contributed by atoms with Crippen LogP contribution in [-0.2, 0) is 16.1 Å². The van der Waals surface area contributed by atoms with Gasteiger partial charge in [0, 0.05) is 38.3 Å². The highest BCUT2D eigenvalue weighted by Gasteiger charge is 2.31. The number of carbonyl (C=O) groups is 1. The van der Waals surface area contributed by atoms with Crippen molar-refractivity contribution in [3.63, 3.8) is 0 Å². The van der Waals surface area contributed by atoms with Gasteiger partial charge in [-0.15, -0.1) is 0 Å². The number of piperidine rings is 1. The van der Waals surface area contributed by atoms with Gasteiger partial charge in [0.1, 0.15) is 0 Å². The van der Waals surface area contributed by atoms with E-state index in [1.165, 1.54) is 0 Å². The fourth-order valence-corrected chi connectivity index (χ4v) is 3.19. The number of amides is 1. The number of likely N-dealkylation sites (tertiary alicyclic amines) is 1. The van der Waals surface area contributed by atoms with Crippen LogP contribution in [0.15, 0.2) is 24.3 Å². The monoisotopic (exact) mass is 338 g/mol. The molecule has 1 heterocycles. The van der Waals surface area contributed by atoms with E-state index >= 15 is 0 Å². The van der Waals surface area contributed by atoms with Gasteiger partial charge < -0.3 is 15.0 Å². The number of benzene rings is 1. The van der Waals surface area contributed by atoms with Crippen molar-refractivity contribution >= 4 is 17.5 Å². The summed E-state index contributed by atoms with van der Waals surface area (Å²) >= 11 is 6.13. The number of hydrogen-bond acceptors (Lipinski definition) is 3. The van der Waals surface area contributed by atoms with Gasteiger partial charge in [-0.3, -0.25) is 4.79 Å². The van der Waals surface area contributed by atoms with Crippen LogP contribution in [0.25, 0.3) is 0 Å². The number of ether oxygens (including phenoxy) is 1. The van der Waals surface area contributed by atoms with Crippen LogP contribution in [0.4, 0.5) is 0 Å². The van der Waals surface area contributed by atoms with Crippen molar-refractivity contribution in [2.75, 3.05) is 26.7 Å². The number of rotatable bonds is 6. The Morgan fingerprint density at radius 1 is 1.35 bits per heavy atom. The third kappa shape index (κ3) is 5.20. The second-order valence-electron chi connectivity index (χ2n) is 6.87. The molecule has 1 aromatic carbocycles. The van der Waals surface area contributed by atoms with Gasteiger partial charge in [-0.05, 0) is 38.3 Å². The topological polar surface area (TPSA) is 41.6 Å². The standard InChI is InChI=1S/C18H27ClN2O2/c1-18(2,13-21-10-8-15(23-3)9-11-21)17(22)20-12-14-6-4-5-7-16(14)19/h4-7,15H,8-13H2,1-3H3,(H,20,22). The summed E-state index contributed by atoms with van der Waals surface area (Å²) in [6.45, 7) is 7.19. The molecular weight excluding hydrogens is 312 g/mol. The average molecular weight is 339 g/mol. The smallest absolute Gasteiger partial charge is 0.227 e. The van der Waals surface area contributed by atoms with Gasteiger partial charge >= 0.3 is 0 Å². The fourth-order valence-electron chi connectivity index (χ4n) is 2.99. The van der Waals surface area contributed by atoms with Gasteiger partial charge in [0.2, 0.25) is 5.91 Å². The molecule has 2 rings (SSSR count). The summed E-state index contributed by atoms with van der Waals surface area (Å²) in [4.78, 5) is 14.9. The van der Waals surface area contributed by atoms with Crippen LogP contribution < -0.4 is 5.32 Å². The van der Waals surface area contributed by atoms with E-state index < -0.39 is 5.41 Å². The highest BCUT2D eigenvalue weighted by atomic mass is 35.5. The molecular formula is C18H27ClN2O2. The minimum absolute atomic E-state index is 0.0614. The second kappa shape index (κ2) is 8.13. The maximum Gasteiger partial charge on any atom is 0.227 e. The summed E-state index contributed by atoms with van der Waals surface area (Å²) in [7, 11) is 1.77. The summed E-state index contributed by atoms with van der Waals surface area (Å²) in [6.07, 6.45) is 2.44. The SMILES string of the molecule is COC1CCN(CC(C)(C)C(=O)NCc2ccccc2Cl)CC1. The number of nitrogens with one attached hydrogen (secondary N) is 1. The molecule has 1 aliphatic rings. The van der Waals surface area contributed by atoms with Crippen molar-refractivity contribution in [3.8, 4) is 0 Å². The molecule has 1 aromatic rings. The number of nitrogens with zero attached hydrogens (tertiary/aromatic N) is 1. The molecule has 0 unspecified atom stereocenters. The van der Waals surface area contributed by atoms with Crippen molar-refractivity contribution < 1.29 is 9.53 Å². The molecule has 4 nitrogen and oxygen atoms in total. The molecule has 5 heteroatoms. The molecule has 1 amide bonds. The number of carbonyl (C=O) groups excluding carboxylic acids is 1. The summed E-state index contributed by atoms with van der Waals surface area (Å²) in [5.74, 6) is 0.0614. The van der Waals surface area contributed by atoms with Crippen LogP contribution in [-0.4, -0.2) is 43.7 Å². The van der Waals surface area contributed by atoms with E-state index in [2.05, 4.69) is 10.2 Å². The molecule has 0 saturated carbocycles. The molecule has 1 saturated heterocycles. The molecule has 23 heavy (non-hydrogen) atoms. The summed E-state index contributed by atoms with van der Waals surface area (Å²) in [5, 5.41) is 3.70. The maximum absolute atomic E-state index is 12.5. The third-order valence-corrected chi connectivity index (χ3v) is 4.87. The molecule has 0 spiro atoms. The van der Waals surface area contributed by atoms with Gasteiger partial charge in [-0.2, -0.15) is 0 Å². The Bertz CT molecular complexity index is 526. The Morgan fingerprint density at radius 3 is 2.61 bits per heavy atom. The molecule has 0 bridgehead atoms. The van der Waals surface area contributed by atoms with Gasteiger partial charge in [-0.1, -0.05) is 29.8 Å². The molecule has 128 valence electrons. The average Bonchev–Trinajstić information content (AvgIpc) is 2.54. The number of hydrogen-bond donors (Lipinski definition) is 1. The Balaban J connectivity index is 1.84. The summed E-state index contributed by atoms with van der Waals surface area (Å²) in [5.41, 5.74) is 0.514. The molecule has 0 aliphatic carbocycles. The van der Waals surface area contributed by atoms with E-state index in [1.54, 1.807) is 7.11 Å². The molecule has 0 radical (unpaired) electrons. The first kappa shape index (κ1) is 18.2. The van der Waals surface area contributed by atoms with E-state index in [-0.39, 0.29) is 5.91 Å². The summed E-state index contributed by atoms with van der Waals surface area (Å²) in [6, 6.07) is 7.60. The highest BCUT2D eigenvalue weighted by Crippen LogP contribution is 2.22. The first-order valence-electron chi connectivity index (χ1n) is 8.19. The van der Waals surface area contributed by atoms with Gasteiger partial charge in [-0.25, -0.2) is 0 Å². The molecule has 0 aromatic heterocycles. The van der Waals surface area contributed by atoms with Crippen molar-refractivity contribution in [3.05, 3.63) is 34.9 Å². The number of methoxy groups -OCH3 is 1. The number of halogens is 1. The first-order chi connectivity index (χ1) is 10.9. The van der Waals surface area contributed by atoms with Crippen molar-refractivity contribution in [2.45, 2.75) is 39.3 Å². The quantitative estimate of drug-likeness (QED) is 0.866. The molecule has 1 aliphatic heterocycles. The first-order valence-corrected chi connectivity index (χ1v) is 8.57. The Kier molecular flexibility index (Phi) is 6.45. The second-order valence-corrected chi connectivity index (χ2v) is 7.28. The Labute approximate surface area is 144 Å². The lowest BCUT2D eigenvalue weighted by molar-refractivity contribution is -0.130. The van der Waals surface area contributed by atoms with Crippen LogP contribution in [0.5, 0.6) is 0 Å². The highest BCUT2D eigenvalue weighted by molar-refractivity contribution is 6.31. The van der Waals surface area contributed by atoms with Crippen LogP contribution in [0.2, 0.25) is 5.02 Å². The van der Waals surface area contributed by atoms with Gasteiger partial charge in [0.15, 0.2) is 0 Å². The van der Waals surface area contributed by atoms with Crippen molar-refractivity contribution in [2.24, 2.45) is 5.41 Å². The van der Waals surface area contributed by atoms with Gasteiger partial charge in [0.25, 0.3) is 0 Å². The largest absolute Gasteiger partial charge is 0.381 e. The van der Waals surface area contributed by atoms with E-state index in [1.807, 2.05) is 38.1 Å². The lowest BCUT2D eigenvalue weighted by Crippen LogP contribution is -2.47. The summed E-state index contributed by atoms with van der Waals surface area (Å²) < 4.78 is 5.40. The predicted molar refractivity (Wildman–Crippen MR) is 93.6 cm³/mol. The van der Waals surface area contributed by atoms with Crippen molar-refractivity contribution in [1.82, 2.24) is 10.2 Å². The van der Waals surface area contributed by atoms with E-state index in [0.717, 1.165) is 38.0 Å². The minimum Gasteiger partial charge on any atom is -0.381 e. The predicted octanol–water partition coefficient (Wildman–Crippen LogP) is 3.09. The molecule has 0 atom stereocenters. The zero-order valence-corrected chi connectivity index (χ0v) is 15.0. The molecule has 1 fully saturated rings. The normalized spacial score (nSPS) is 17.2. The van der Waals surface area contributed by atoms with E-state index in [4.69, 9.17) is 16.3 Å². The van der Waals surface area contributed by atoms with Crippen molar-refractivity contribution in [1.29, 1.82) is 0 Å². The molecule has 1 N–H and O–H groups in total. The fraction of sp³-hybridized carbons (Fsp3) is 0.611. The Morgan fingerprint density at radius 2 is 2.00 bits per heavy atom. The minimum atomic E-state index is -0.429.